The lowest BCUT2D eigenvalue weighted by atomic mass is 10.1. The standard InChI is InChI=1S/C23H28ClN3O6S2/c1-32-22-15-18(35(30,31)27-8-10-33-11-9-27)4-3-16(22)13-17-14-21(25-7-12-34(2,28)29)23-19(24)5-6-20(23)26-17/h3-5,14-15H,6-13H2,1-2H3,(H,25,26). The van der Waals surface area contributed by atoms with E-state index in [2.05, 4.69) is 5.32 Å². The molecule has 2 aromatic rings. The summed E-state index contributed by atoms with van der Waals surface area (Å²) < 4.78 is 61.4. The second-order valence-electron chi connectivity index (χ2n) is 8.46. The normalized spacial score (nSPS) is 16.6. The van der Waals surface area contributed by atoms with Gasteiger partial charge in [-0.1, -0.05) is 23.7 Å². The number of fused-ring (bicyclic) bond motifs is 1. The summed E-state index contributed by atoms with van der Waals surface area (Å²) in [5.74, 6) is 0.442. The van der Waals surface area contributed by atoms with Gasteiger partial charge in [-0.3, -0.25) is 4.98 Å². The van der Waals surface area contributed by atoms with Crippen LogP contribution in [-0.2, 0) is 37.4 Å². The van der Waals surface area contributed by atoms with Gasteiger partial charge in [0.2, 0.25) is 10.0 Å². The molecule has 0 spiro atoms. The van der Waals surface area contributed by atoms with Gasteiger partial charge in [0, 0.05) is 72.3 Å². The zero-order valence-corrected chi connectivity index (χ0v) is 22.0. The molecule has 1 aliphatic heterocycles. The van der Waals surface area contributed by atoms with Crippen molar-refractivity contribution >= 4 is 42.2 Å². The molecule has 12 heteroatoms. The minimum Gasteiger partial charge on any atom is -0.496 e. The summed E-state index contributed by atoms with van der Waals surface area (Å²) in [5, 5.41) is 3.76. The van der Waals surface area contributed by atoms with Crippen LogP contribution in [-0.4, -0.2) is 78.1 Å². The van der Waals surface area contributed by atoms with Crippen LogP contribution in [0.2, 0.25) is 0 Å². The Morgan fingerprint density at radius 2 is 1.91 bits per heavy atom. The Bertz CT molecular complexity index is 1350. The molecule has 190 valence electrons. The SMILES string of the molecule is COc1cc(S(=O)(=O)N2CCOCC2)ccc1Cc1cc(NCCS(C)(=O)=O)c2c(n1)CC=C2Cl. The second-order valence-corrected chi connectivity index (χ2v) is 13.1. The van der Waals surface area contributed by atoms with Crippen molar-refractivity contribution in [3.05, 3.63) is 52.9 Å². The van der Waals surface area contributed by atoms with Gasteiger partial charge in [0.25, 0.3) is 0 Å². The van der Waals surface area contributed by atoms with E-state index in [1.165, 1.54) is 23.7 Å². The average Bonchev–Trinajstić information content (AvgIpc) is 3.19. The molecule has 0 unspecified atom stereocenters. The predicted molar refractivity (Wildman–Crippen MR) is 135 cm³/mol. The van der Waals surface area contributed by atoms with Crippen LogP contribution in [0.3, 0.4) is 0 Å². The van der Waals surface area contributed by atoms with E-state index < -0.39 is 19.9 Å². The van der Waals surface area contributed by atoms with Crippen molar-refractivity contribution in [1.82, 2.24) is 9.29 Å². The molecule has 1 aromatic carbocycles. The maximum Gasteiger partial charge on any atom is 0.243 e. The topological polar surface area (TPSA) is 115 Å². The quantitative estimate of drug-likeness (QED) is 0.514. The van der Waals surface area contributed by atoms with E-state index in [1.807, 2.05) is 12.1 Å². The van der Waals surface area contributed by atoms with Crippen molar-refractivity contribution in [2.24, 2.45) is 0 Å². The minimum absolute atomic E-state index is 0.00629. The molecule has 1 aliphatic carbocycles. The summed E-state index contributed by atoms with van der Waals surface area (Å²) in [6.07, 6.45) is 4.04. The number of anilines is 1. The molecule has 35 heavy (non-hydrogen) atoms. The largest absolute Gasteiger partial charge is 0.496 e. The molecule has 1 saturated heterocycles. The number of pyridine rings is 1. The Morgan fingerprint density at radius 1 is 1.17 bits per heavy atom. The summed E-state index contributed by atoms with van der Waals surface area (Å²) >= 11 is 6.38. The molecule has 4 rings (SSSR count). The molecule has 9 nitrogen and oxygen atoms in total. The monoisotopic (exact) mass is 541 g/mol. The number of nitrogens with one attached hydrogen (secondary N) is 1. The highest BCUT2D eigenvalue weighted by molar-refractivity contribution is 7.90. The number of rotatable bonds is 9. The van der Waals surface area contributed by atoms with Gasteiger partial charge in [-0.2, -0.15) is 4.31 Å². The first-order chi connectivity index (χ1) is 16.6. The van der Waals surface area contributed by atoms with Crippen LogP contribution in [0, 0.1) is 0 Å². The smallest absolute Gasteiger partial charge is 0.243 e. The fourth-order valence-corrected chi connectivity index (χ4v) is 6.31. The third-order valence-corrected chi connectivity index (χ3v) is 9.07. The summed E-state index contributed by atoms with van der Waals surface area (Å²) in [6, 6.07) is 6.71. The summed E-state index contributed by atoms with van der Waals surface area (Å²) in [5.41, 5.74) is 3.81. The van der Waals surface area contributed by atoms with E-state index in [0.29, 0.717) is 49.9 Å². The highest BCUT2D eigenvalue weighted by atomic mass is 35.5. The number of morpholine rings is 1. The van der Waals surface area contributed by atoms with Crippen molar-refractivity contribution in [2.75, 3.05) is 57.3 Å². The number of sulfonamides is 1. The van der Waals surface area contributed by atoms with E-state index in [1.54, 1.807) is 12.1 Å². The Labute approximate surface area is 211 Å². The molecule has 0 amide bonds. The van der Waals surface area contributed by atoms with Crippen LogP contribution in [0.25, 0.3) is 5.03 Å². The van der Waals surface area contributed by atoms with Gasteiger partial charge >= 0.3 is 0 Å². The van der Waals surface area contributed by atoms with Crippen molar-refractivity contribution in [1.29, 1.82) is 0 Å². The number of hydrogen-bond acceptors (Lipinski definition) is 8. The van der Waals surface area contributed by atoms with E-state index in [9.17, 15) is 16.8 Å². The number of nitrogens with zero attached hydrogens (tertiary/aromatic N) is 2. The Kier molecular flexibility index (Phi) is 7.72. The first kappa shape index (κ1) is 25.9. The third-order valence-electron chi connectivity index (χ3n) is 5.89. The lowest BCUT2D eigenvalue weighted by Crippen LogP contribution is -2.40. The first-order valence-electron chi connectivity index (χ1n) is 11.1. The van der Waals surface area contributed by atoms with E-state index in [0.717, 1.165) is 28.2 Å². The van der Waals surface area contributed by atoms with Gasteiger partial charge in [0.1, 0.15) is 15.6 Å². The predicted octanol–water partition coefficient (Wildman–Crippen LogP) is 2.29. The van der Waals surface area contributed by atoms with E-state index in [4.69, 9.17) is 26.1 Å². The molecule has 2 heterocycles. The van der Waals surface area contributed by atoms with Crippen LogP contribution in [0.4, 0.5) is 5.69 Å². The molecular formula is C23H28ClN3O6S2. The van der Waals surface area contributed by atoms with Gasteiger partial charge in [-0.15, -0.1) is 0 Å². The molecule has 2 aliphatic rings. The van der Waals surface area contributed by atoms with Gasteiger partial charge < -0.3 is 14.8 Å². The van der Waals surface area contributed by atoms with Crippen LogP contribution in [0.1, 0.15) is 22.5 Å². The maximum atomic E-state index is 13.0. The van der Waals surface area contributed by atoms with Gasteiger partial charge in [-0.25, -0.2) is 16.8 Å². The van der Waals surface area contributed by atoms with Gasteiger partial charge in [-0.05, 0) is 12.1 Å². The third kappa shape index (κ3) is 5.97. The lowest BCUT2D eigenvalue weighted by molar-refractivity contribution is 0.0730. The Morgan fingerprint density at radius 3 is 2.60 bits per heavy atom. The molecule has 0 radical (unpaired) electrons. The Balaban J connectivity index is 1.60. The number of ether oxygens (including phenoxy) is 2. The molecule has 0 saturated carbocycles. The minimum atomic E-state index is -3.65. The number of benzene rings is 1. The fourth-order valence-electron chi connectivity index (χ4n) is 4.12. The molecule has 1 N–H and O–H groups in total. The number of allylic oxidation sites excluding steroid dienone is 1. The first-order valence-corrected chi connectivity index (χ1v) is 15.0. The molecule has 1 fully saturated rings. The van der Waals surface area contributed by atoms with E-state index >= 15 is 0 Å². The van der Waals surface area contributed by atoms with Gasteiger partial charge in [0.15, 0.2) is 0 Å². The molecular weight excluding hydrogens is 514 g/mol. The van der Waals surface area contributed by atoms with Crippen molar-refractivity contribution in [3.63, 3.8) is 0 Å². The van der Waals surface area contributed by atoms with Crippen LogP contribution >= 0.6 is 11.6 Å². The van der Waals surface area contributed by atoms with Crippen molar-refractivity contribution < 1.29 is 26.3 Å². The highest BCUT2D eigenvalue weighted by Gasteiger charge is 2.27. The Hall–Kier alpha value is -2.18. The highest BCUT2D eigenvalue weighted by Crippen LogP contribution is 2.36. The van der Waals surface area contributed by atoms with Crippen molar-refractivity contribution in [3.8, 4) is 5.75 Å². The van der Waals surface area contributed by atoms with Gasteiger partial charge in [0.05, 0.1) is 36.7 Å². The number of aromatic nitrogens is 1. The zero-order chi connectivity index (χ0) is 25.2. The summed E-state index contributed by atoms with van der Waals surface area (Å²) in [7, 11) is -5.26. The number of sulfone groups is 1. The van der Waals surface area contributed by atoms with Crippen LogP contribution < -0.4 is 10.1 Å². The lowest BCUT2D eigenvalue weighted by Gasteiger charge is -2.26. The van der Waals surface area contributed by atoms with Crippen LogP contribution in [0.5, 0.6) is 5.75 Å². The van der Waals surface area contributed by atoms with Crippen molar-refractivity contribution in [2.45, 2.75) is 17.7 Å². The average molecular weight is 542 g/mol. The second kappa shape index (κ2) is 10.4. The zero-order valence-electron chi connectivity index (χ0n) is 19.6. The number of halogens is 1. The molecule has 1 aromatic heterocycles. The number of hydrogen-bond donors (Lipinski definition) is 1. The van der Waals surface area contributed by atoms with E-state index in [-0.39, 0.29) is 17.2 Å². The molecule has 0 atom stereocenters. The number of methoxy groups -OCH3 is 1. The molecule has 0 bridgehead atoms. The van der Waals surface area contributed by atoms with Crippen LogP contribution in [0.15, 0.2) is 35.2 Å². The maximum absolute atomic E-state index is 13.0. The fraction of sp³-hybridized carbons (Fsp3) is 0.435. The summed E-state index contributed by atoms with van der Waals surface area (Å²) in [6.45, 7) is 1.63. The summed E-state index contributed by atoms with van der Waals surface area (Å²) in [4.78, 5) is 4.91.